The number of amides is 1. The molecule has 7 heteroatoms. The number of nitrogens with zero attached hydrogens (tertiary/aromatic N) is 4. The van der Waals surface area contributed by atoms with Crippen LogP contribution in [0.3, 0.4) is 0 Å². The molecule has 1 aromatic carbocycles. The number of hydrogen-bond donors (Lipinski definition) is 0. The average molecular weight is 419 g/mol. The van der Waals surface area contributed by atoms with Crippen molar-refractivity contribution in [2.75, 3.05) is 43.6 Å². The maximum absolute atomic E-state index is 12.6. The van der Waals surface area contributed by atoms with E-state index >= 15 is 0 Å². The minimum absolute atomic E-state index is 0.205. The molecule has 150 valence electrons. The fourth-order valence-electron chi connectivity index (χ4n) is 3.47. The SMILES string of the molecule is CCSCC(=O)N1CCCC(c2nc(N(C)C)ncc2-c2ccc(Cl)cc2)C1. The van der Waals surface area contributed by atoms with Crippen LogP contribution in [0.15, 0.2) is 30.5 Å². The minimum atomic E-state index is 0.205. The third-order valence-corrected chi connectivity index (χ3v) is 6.06. The molecule has 1 fully saturated rings. The van der Waals surface area contributed by atoms with Crippen LogP contribution in [0.2, 0.25) is 5.02 Å². The lowest BCUT2D eigenvalue weighted by Crippen LogP contribution is -2.40. The van der Waals surface area contributed by atoms with Gasteiger partial charge < -0.3 is 9.80 Å². The molecule has 1 atom stereocenters. The van der Waals surface area contributed by atoms with Gasteiger partial charge in [-0.1, -0.05) is 30.7 Å². The molecule has 0 N–H and O–H groups in total. The van der Waals surface area contributed by atoms with Gasteiger partial charge in [-0.3, -0.25) is 4.79 Å². The van der Waals surface area contributed by atoms with Crippen LogP contribution in [-0.2, 0) is 4.79 Å². The number of benzene rings is 1. The number of anilines is 1. The van der Waals surface area contributed by atoms with Crippen LogP contribution in [0, 0.1) is 0 Å². The van der Waals surface area contributed by atoms with E-state index in [1.54, 1.807) is 11.8 Å². The Hall–Kier alpha value is -1.79. The Bertz CT molecular complexity index is 813. The Balaban J connectivity index is 1.92. The molecule has 1 aromatic heterocycles. The van der Waals surface area contributed by atoms with Crippen LogP contribution >= 0.6 is 23.4 Å². The van der Waals surface area contributed by atoms with Crippen molar-refractivity contribution < 1.29 is 4.79 Å². The number of aromatic nitrogens is 2. The van der Waals surface area contributed by atoms with E-state index in [1.165, 1.54) is 0 Å². The van der Waals surface area contributed by atoms with Crippen LogP contribution in [0.25, 0.3) is 11.1 Å². The number of piperidine rings is 1. The summed E-state index contributed by atoms with van der Waals surface area (Å²) in [6.07, 6.45) is 3.92. The molecule has 1 aliphatic heterocycles. The van der Waals surface area contributed by atoms with Crippen molar-refractivity contribution >= 4 is 35.2 Å². The molecule has 5 nitrogen and oxygen atoms in total. The Labute approximate surface area is 176 Å². The van der Waals surface area contributed by atoms with Crippen molar-refractivity contribution in [3.63, 3.8) is 0 Å². The van der Waals surface area contributed by atoms with Crippen molar-refractivity contribution in [3.8, 4) is 11.1 Å². The maximum Gasteiger partial charge on any atom is 0.232 e. The van der Waals surface area contributed by atoms with Gasteiger partial charge in [0.1, 0.15) is 0 Å². The minimum Gasteiger partial charge on any atom is -0.347 e. The second kappa shape index (κ2) is 9.61. The van der Waals surface area contributed by atoms with E-state index < -0.39 is 0 Å². The van der Waals surface area contributed by atoms with Gasteiger partial charge in [0.05, 0.1) is 11.4 Å². The molecule has 2 aromatic rings. The highest BCUT2D eigenvalue weighted by molar-refractivity contribution is 7.99. The molecule has 1 unspecified atom stereocenters. The smallest absolute Gasteiger partial charge is 0.232 e. The Kier molecular flexibility index (Phi) is 7.18. The average Bonchev–Trinajstić information content (AvgIpc) is 2.72. The molecular weight excluding hydrogens is 392 g/mol. The lowest BCUT2D eigenvalue weighted by molar-refractivity contribution is -0.129. The quantitative estimate of drug-likeness (QED) is 0.699. The van der Waals surface area contributed by atoms with Gasteiger partial charge in [0, 0.05) is 49.9 Å². The van der Waals surface area contributed by atoms with Crippen molar-refractivity contribution in [3.05, 3.63) is 41.2 Å². The molecule has 3 rings (SSSR count). The first-order chi connectivity index (χ1) is 13.5. The largest absolute Gasteiger partial charge is 0.347 e. The highest BCUT2D eigenvalue weighted by Crippen LogP contribution is 2.34. The normalized spacial score (nSPS) is 16.9. The zero-order valence-electron chi connectivity index (χ0n) is 16.7. The van der Waals surface area contributed by atoms with Crippen LogP contribution in [0.1, 0.15) is 31.4 Å². The third-order valence-electron chi connectivity index (χ3n) is 4.95. The maximum atomic E-state index is 12.6. The first-order valence-corrected chi connectivity index (χ1v) is 11.2. The van der Waals surface area contributed by atoms with Crippen LogP contribution in [0.5, 0.6) is 0 Å². The van der Waals surface area contributed by atoms with E-state index in [9.17, 15) is 4.79 Å². The molecule has 2 heterocycles. The molecule has 0 aliphatic carbocycles. The van der Waals surface area contributed by atoms with Crippen LogP contribution in [0.4, 0.5) is 5.95 Å². The lowest BCUT2D eigenvalue weighted by atomic mass is 9.90. The van der Waals surface area contributed by atoms with Gasteiger partial charge in [0.25, 0.3) is 0 Å². The summed E-state index contributed by atoms with van der Waals surface area (Å²) in [5.74, 6) is 2.64. The summed E-state index contributed by atoms with van der Waals surface area (Å²) in [7, 11) is 3.89. The summed E-state index contributed by atoms with van der Waals surface area (Å²) in [5.41, 5.74) is 3.08. The molecular formula is C21H27ClN4OS. The van der Waals surface area contributed by atoms with Crippen molar-refractivity contribution in [2.24, 2.45) is 0 Å². The summed E-state index contributed by atoms with van der Waals surface area (Å²) < 4.78 is 0. The first-order valence-electron chi connectivity index (χ1n) is 9.65. The molecule has 0 bridgehead atoms. The van der Waals surface area contributed by atoms with E-state index in [2.05, 4.69) is 11.9 Å². The molecule has 0 saturated carbocycles. The number of carbonyl (C=O) groups is 1. The van der Waals surface area contributed by atoms with E-state index in [0.29, 0.717) is 23.3 Å². The zero-order valence-corrected chi connectivity index (χ0v) is 18.3. The summed E-state index contributed by atoms with van der Waals surface area (Å²) in [6, 6.07) is 7.78. The Morgan fingerprint density at radius 1 is 1.32 bits per heavy atom. The Morgan fingerprint density at radius 3 is 2.75 bits per heavy atom. The zero-order chi connectivity index (χ0) is 20.1. The number of rotatable bonds is 6. The van der Waals surface area contributed by atoms with Gasteiger partial charge in [-0.05, 0) is 36.3 Å². The monoisotopic (exact) mass is 418 g/mol. The van der Waals surface area contributed by atoms with E-state index in [4.69, 9.17) is 16.6 Å². The molecule has 0 spiro atoms. The Morgan fingerprint density at radius 2 is 2.07 bits per heavy atom. The van der Waals surface area contributed by atoms with E-state index in [1.807, 2.05) is 54.4 Å². The van der Waals surface area contributed by atoms with E-state index in [0.717, 1.165) is 42.0 Å². The number of hydrogen-bond acceptors (Lipinski definition) is 5. The molecule has 28 heavy (non-hydrogen) atoms. The predicted molar refractivity (Wildman–Crippen MR) is 118 cm³/mol. The standard InChI is InChI=1S/C21H27ClN4OS/c1-4-28-14-19(27)26-11-5-6-16(13-26)20-18(12-23-21(24-20)25(2)3)15-7-9-17(22)10-8-15/h7-10,12,16H,4-6,11,13-14H2,1-3H3. The van der Waals surface area contributed by atoms with Crippen LogP contribution < -0.4 is 4.90 Å². The fraction of sp³-hybridized carbons (Fsp3) is 0.476. The summed E-state index contributed by atoms with van der Waals surface area (Å²) in [6.45, 7) is 3.63. The first kappa shape index (κ1) is 20.9. The molecule has 0 radical (unpaired) electrons. The van der Waals surface area contributed by atoms with Crippen LogP contribution in [-0.4, -0.2) is 59.5 Å². The van der Waals surface area contributed by atoms with Gasteiger partial charge in [0.2, 0.25) is 11.9 Å². The third kappa shape index (κ3) is 4.97. The van der Waals surface area contributed by atoms with Crippen molar-refractivity contribution in [1.82, 2.24) is 14.9 Å². The number of carbonyl (C=O) groups excluding carboxylic acids is 1. The second-order valence-corrected chi connectivity index (χ2v) is 8.90. The molecule has 1 amide bonds. The predicted octanol–water partition coefficient (Wildman–Crippen LogP) is 4.32. The topological polar surface area (TPSA) is 49.3 Å². The highest BCUT2D eigenvalue weighted by Gasteiger charge is 2.28. The van der Waals surface area contributed by atoms with Crippen molar-refractivity contribution in [2.45, 2.75) is 25.7 Å². The second-order valence-electron chi connectivity index (χ2n) is 7.19. The lowest BCUT2D eigenvalue weighted by Gasteiger charge is -2.33. The van der Waals surface area contributed by atoms with Gasteiger partial charge >= 0.3 is 0 Å². The van der Waals surface area contributed by atoms with Gasteiger partial charge in [0.15, 0.2) is 0 Å². The molecule has 1 aliphatic rings. The summed E-state index contributed by atoms with van der Waals surface area (Å²) in [4.78, 5) is 25.9. The van der Waals surface area contributed by atoms with E-state index in [-0.39, 0.29) is 11.8 Å². The number of thioether (sulfide) groups is 1. The fourth-order valence-corrected chi connectivity index (χ4v) is 4.16. The van der Waals surface area contributed by atoms with Crippen molar-refractivity contribution in [1.29, 1.82) is 0 Å². The number of halogens is 1. The van der Waals surface area contributed by atoms with Gasteiger partial charge in [-0.25, -0.2) is 9.97 Å². The number of likely N-dealkylation sites (tertiary alicyclic amines) is 1. The summed E-state index contributed by atoms with van der Waals surface area (Å²) in [5, 5.41) is 0.707. The van der Waals surface area contributed by atoms with Gasteiger partial charge in [-0.15, -0.1) is 0 Å². The highest BCUT2D eigenvalue weighted by atomic mass is 35.5. The summed E-state index contributed by atoms with van der Waals surface area (Å²) >= 11 is 7.74. The molecule has 1 saturated heterocycles. The van der Waals surface area contributed by atoms with Gasteiger partial charge in [-0.2, -0.15) is 11.8 Å².